The van der Waals surface area contributed by atoms with Crippen molar-refractivity contribution in [2.45, 2.75) is 51.3 Å². The van der Waals surface area contributed by atoms with Crippen LogP contribution in [0.5, 0.6) is 0 Å². The molecule has 2 nitrogen and oxygen atoms in total. The number of alkyl halides is 1. The van der Waals surface area contributed by atoms with Crippen molar-refractivity contribution in [2.75, 3.05) is 0 Å². The lowest BCUT2D eigenvalue weighted by Crippen LogP contribution is -2.40. The highest BCUT2D eigenvalue weighted by molar-refractivity contribution is 5.75. The van der Waals surface area contributed by atoms with Crippen molar-refractivity contribution in [3.05, 3.63) is 0 Å². The Labute approximate surface area is 95.5 Å². The highest BCUT2D eigenvalue weighted by atomic mass is 19.1. The number of hydrogen-bond acceptors (Lipinski definition) is 2. The Balaban J connectivity index is 1.80. The maximum absolute atomic E-state index is 13.8. The molecule has 16 heavy (non-hydrogen) atoms. The second-order valence-electron chi connectivity index (χ2n) is 5.75. The third-order valence-electron chi connectivity index (χ3n) is 4.95. The number of carbonyl (C=O) groups is 1. The van der Waals surface area contributed by atoms with E-state index in [1.807, 2.05) is 6.92 Å². The number of cyclic esters (lactones) is 1. The van der Waals surface area contributed by atoms with Crippen molar-refractivity contribution in [2.24, 2.45) is 23.7 Å². The fourth-order valence-electron chi connectivity index (χ4n) is 4.06. The number of fused-ring (bicyclic) bond motifs is 2. The summed E-state index contributed by atoms with van der Waals surface area (Å²) in [4.78, 5) is 11.7. The number of ether oxygens (including phenoxy) is 1. The van der Waals surface area contributed by atoms with Gasteiger partial charge in [-0.3, -0.25) is 4.79 Å². The first-order valence-electron chi connectivity index (χ1n) is 6.51. The van der Waals surface area contributed by atoms with Crippen molar-refractivity contribution in [1.82, 2.24) is 0 Å². The molecular formula is C13H19FO2. The van der Waals surface area contributed by atoms with Crippen molar-refractivity contribution in [3.8, 4) is 0 Å². The molecule has 0 amide bonds. The molecule has 3 heteroatoms. The minimum Gasteiger partial charge on any atom is -0.462 e. The highest BCUT2D eigenvalue weighted by Crippen LogP contribution is 2.50. The van der Waals surface area contributed by atoms with E-state index in [2.05, 4.69) is 0 Å². The van der Waals surface area contributed by atoms with E-state index in [0.717, 1.165) is 25.7 Å². The smallest absolute Gasteiger partial charge is 0.309 e. The molecule has 6 atom stereocenters. The van der Waals surface area contributed by atoms with Gasteiger partial charge in [0, 0.05) is 5.92 Å². The molecule has 2 saturated carbocycles. The molecule has 0 aromatic carbocycles. The van der Waals surface area contributed by atoms with E-state index in [4.69, 9.17) is 4.74 Å². The van der Waals surface area contributed by atoms with Gasteiger partial charge >= 0.3 is 5.97 Å². The predicted molar refractivity (Wildman–Crippen MR) is 57.5 cm³/mol. The van der Waals surface area contributed by atoms with Crippen LogP contribution in [0, 0.1) is 23.7 Å². The summed E-state index contributed by atoms with van der Waals surface area (Å²) in [6, 6.07) is 0. The molecule has 90 valence electrons. The van der Waals surface area contributed by atoms with E-state index in [1.54, 1.807) is 0 Å². The molecule has 0 N–H and O–H groups in total. The van der Waals surface area contributed by atoms with Crippen LogP contribution in [0.2, 0.25) is 0 Å². The molecule has 1 heterocycles. The molecule has 2 aliphatic carbocycles. The van der Waals surface area contributed by atoms with E-state index in [0.29, 0.717) is 18.3 Å². The van der Waals surface area contributed by atoms with Crippen molar-refractivity contribution < 1.29 is 13.9 Å². The lowest BCUT2D eigenvalue weighted by atomic mass is 9.62. The molecule has 1 saturated heterocycles. The van der Waals surface area contributed by atoms with Gasteiger partial charge in [0.15, 0.2) is 0 Å². The van der Waals surface area contributed by atoms with Crippen LogP contribution >= 0.6 is 0 Å². The largest absolute Gasteiger partial charge is 0.462 e. The van der Waals surface area contributed by atoms with Gasteiger partial charge in [-0.1, -0.05) is 6.42 Å². The van der Waals surface area contributed by atoms with Crippen LogP contribution in [-0.2, 0) is 9.53 Å². The molecule has 3 rings (SSSR count). The fourth-order valence-corrected chi connectivity index (χ4v) is 4.06. The maximum Gasteiger partial charge on any atom is 0.309 e. The zero-order chi connectivity index (χ0) is 11.3. The van der Waals surface area contributed by atoms with Gasteiger partial charge in [0.05, 0.1) is 5.92 Å². The second-order valence-corrected chi connectivity index (χ2v) is 5.75. The SMILES string of the molecule is C[C@H]1OC(=O)[C@@H]2C[C@H]3C(CCC[C@@H]3F)C[C@H]12. The van der Waals surface area contributed by atoms with E-state index >= 15 is 0 Å². The summed E-state index contributed by atoms with van der Waals surface area (Å²) in [5.41, 5.74) is 0. The Morgan fingerprint density at radius 3 is 2.88 bits per heavy atom. The van der Waals surface area contributed by atoms with E-state index in [9.17, 15) is 9.18 Å². The summed E-state index contributed by atoms with van der Waals surface area (Å²) in [7, 11) is 0. The number of rotatable bonds is 0. The topological polar surface area (TPSA) is 26.3 Å². The Kier molecular flexibility index (Phi) is 2.45. The van der Waals surface area contributed by atoms with Gasteiger partial charge in [0.1, 0.15) is 12.3 Å². The Morgan fingerprint density at radius 2 is 2.06 bits per heavy atom. The average molecular weight is 226 g/mol. The van der Waals surface area contributed by atoms with Gasteiger partial charge in [-0.05, 0) is 44.4 Å². The third-order valence-corrected chi connectivity index (χ3v) is 4.95. The third kappa shape index (κ3) is 1.47. The minimum absolute atomic E-state index is 0.00685. The lowest BCUT2D eigenvalue weighted by molar-refractivity contribution is -0.144. The van der Waals surface area contributed by atoms with E-state index < -0.39 is 6.17 Å². The van der Waals surface area contributed by atoms with Gasteiger partial charge < -0.3 is 4.74 Å². The summed E-state index contributed by atoms with van der Waals surface area (Å²) < 4.78 is 19.1. The average Bonchev–Trinajstić information content (AvgIpc) is 2.53. The zero-order valence-electron chi connectivity index (χ0n) is 9.69. The number of esters is 1. The van der Waals surface area contributed by atoms with E-state index in [1.165, 1.54) is 0 Å². The quantitative estimate of drug-likeness (QED) is 0.594. The lowest BCUT2D eigenvalue weighted by Gasteiger charge is -2.42. The first-order valence-corrected chi connectivity index (χ1v) is 6.51. The molecule has 0 spiro atoms. The summed E-state index contributed by atoms with van der Waals surface area (Å²) in [5.74, 6) is 0.912. The first-order chi connectivity index (χ1) is 7.66. The van der Waals surface area contributed by atoms with Gasteiger partial charge in [0.2, 0.25) is 0 Å². The Bertz CT molecular complexity index is 304. The summed E-state index contributed by atoms with van der Waals surface area (Å²) in [5, 5.41) is 0. The van der Waals surface area contributed by atoms with Crippen LogP contribution in [0.15, 0.2) is 0 Å². The fraction of sp³-hybridized carbons (Fsp3) is 0.923. The summed E-state index contributed by atoms with van der Waals surface area (Å²) >= 11 is 0. The molecule has 3 aliphatic rings. The molecule has 0 bridgehead atoms. The van der Waals surface area contributed by atoms with Gasteiger partial charge in [-0.25, -0.2) is 4.39 Å². The number of halogens is 1. The van der Waals surface area contributed by atoms with Crippen LogP contribution in [0.1, 0.15) is 39.0 Å². The van der Waals surface area contributed by atoms with Gasteiger partial charge in [-0.2, -0.15) is 0 Å². The minimum atomic E-state index is -0.677. The molecular weight excluding hydrogens is 207 g/mol. The maximum atomic E-state index is 13.8. The zero-order valence-corrected chi connectivity index (χ0v) is 9.69. The molecule has 0 radical (unpaired) electrons. The Morgan fingerprint density at radius 1 is 1.25 bits per heavy atom. The summed E-state index contributed by atoms with van der Waals surface area (Å²) in [6.07, 6.45) is 3.98. The first kappa shape index (κ1) is 10.5. The Hall–Kier alpha value is -0.600. The monoisotopic (exact) mass is 226 g/mol. The van der Waals surface area contributed by atoms with Crippen LogP contribution < -0.4 is 0 Å². The van der Waals surface area contributed by atoms with Crippen LogP contribution in [0.3, 0.4) is 0 Å². The number of carbonyl (C=O) groups excluding carboxylic acids is 1. The van der Waals surface area contributed by atoms with Gasteiger partial charge in [-0.15, -0.1) is 0 Å². The van der Waals surface area contributed by atoms with Crippen molar-refractivity contribution in [1.29, 1.82) is 0 Å². The van der Waals surface area contributed by atoms with Crippen LogP contribution in [0.4, 0.5) is 4.39 Å². The van der Waals surface area contributed by atoms with Crippen LogP contribution in [0.25, 0.3) is 0 Å². The normalized spacial score (nSPS) is 51.8. The van der Waals surface area contributed by atoms with E-state index in [-0.39, 0.29) is 23.9 Å². The molecule has 3 fully saturated rings. The van der Waals surface area contributed by atoms with Gasteiger partial charge in [0.25, 0.3) is 0 Å². The summed E-state index contributed by atoms with van der Waals surface area (Å²) in [6.45, 7) is 1.98. The molecule has 1 aliphatic heterocycles. The second kappa shape index (κ2) is 3.71. The molecule has 0 aromatic rings. The highest BCUT2D eigenvalue weighted by Gasteiger charge is 2.51. The van der Waals surface area contributed by atoms with Crippen LogP contribution in [-0.4, -0.2) is 18.2 Å². The van der Waals surface area contributed by atoms with Crippen molar-refractivity contribution >= 4 is 5.97 Å². The standard InChI is InChI=1S/C13H19FO2/c1-7-9-5-8-3-2-4-12(14)10(8)6-11(9)13(15)16-7/h7-12H,2-6H2,1H3/t7-,8?,9-,10+,11-,12+/m1/s1. The molecule has 1 unspecified atom stereocenters. The number of hydrogen-bond donors (Lipinski definition) is 0. The predicted octanol–water partition coefficient (Wildman–Crippen LogP) is 2.71. The molecule has 0 aromatic heterocycles. The van der Waals surface area contributed by atoms with Crippen molar-refractivity contribution in [3.63, 3.8) is 0 Å².